The Bertz CT molecular complexity index is 720. The van der Waals surface area contributed by atoms with Crippen LogP contribution in [0, 0.1) is 0 Å². The van der Waals surface area contributed by atoms with E-state index in [0.717, 1.165) is 0 Å². The van der Waals surface area contributed by atoms with Crippen LogP contribution in [0.1, 0.15) is 17.0 Å². The lowest BCUT2D eigenvalue weighted by Gasteiger charge is -2.22. The molecule has 126 valence electrons. The van der Waals surface area contributed by atoms with Crippen molar-refractivity contribution in [2.45, 2.75) is 6.42 Å². The summed E-state index contributed by atoms with van der Waals surface area (Å²) < 4.78 is 5.15. The number of anilines is 1. The third-order valence-electron chi connectivity index (χ3n) is 3.80. The summed E-state index contributed by atoms with van der Waals surface area (Å²) in [5.41, 5.74) is 0.469. The number of pyridine rings is 1. The van der Waals surface area contributed by atoms with Crippen LogP contribution in [0.3, 0.4) is 0 Å². The van der Waals surface area contributed by atoms with Crippen molar-refractivity contribution in [3.05, 3.63) is 47.6 Å². The molecule has 0 unspecified atom stereocenters. The number of amides is 3. The highest BCUT2D eigenvalue weighted by molar-refractivity contribution is 6.32. The summed E-state index contributed by atoms with van der Waals surface area (Å²) in [6.45, 7) is 2.03. The van der Waals surface area contributed by atoms with Gasteiger partial charge in [0.05, 0.1) is 12.0 Å². The second-order valence-electron chi connectivity index (χ2n) is 5.38. The minimum atomic E-state index is -0.253. The molecule has 1 aliphatic rings. The summed E-state index contributed by atoms with van der Waals surface area (Å²) in [4.78, 5) is 32.0. The van der Waals surface area contributed by atoms with E-state index in [1.54, 1.807) is 40.3 Å². The lowest BCUT2D eigenvalue weighted by Crippen LogP contribution is -2.39. The lowest BCUT2D eigenvalue weighted by molar-refractivity contribution is 0.0731. The highest BCUT2D eigenvalue weighted by atomic mass is 35.5. The molecule has 3 rings (SSSR count). The molecule has 2 aromatic heterocycles. The SMILES string of the molecule is O=C(Nc1cccnc1Cl)N1CCCN(C(=O)c2ccco2)CC1. The summed E-state index contributed by atoms with van der Waals surface area (Å²) in [6.07, 6.45) is 3.73. The Morgan fingerprint density at radius 1 is 1.12 bits per heavy atom. The van der Waals surface area contributed by atoms with Crippen LogP contribution in [0.2, 0.25) is 5.15 Å². The van der Waals surface area contributed by atoms with E-state index >= 15 is 0 Å². The van der Waals surface area contributed by atoms with Gasteiger partial charge in [0, 0.05) is 32.4 Å². The molecule has 0 aromatic carbocycles. The molecular weight excluding hydrogens is 332 g/mol. The number of urea groups is 1. The van der Waals surface area contributed by atoms with Crippen LogP contribution >= 0.6 is 11.6 Å². The van der Waals surface area contributed by atoms with Crippen LogP contribution < -0.4 is 5.32 Å². The maximum absolute atomic E-state index is 12.4. The third-order valence-corrected chi connectivity index (χ3v) is 4.10. The lowest BCUT2D eigenvalue weighted by atomic mass is 10.3. The van der Waals surface area contributed by atoms with Gasteiger partial charge in [-0.2, -0.15) is 0 Å². The molecule has 1 aliphatic heterocycles. The largest absolute Gasteiger partial charge is 0.459 e. The van der Waals surface area contributed by atoms with E-state index in [1.165, 1.54) is 6.26 Å². The quantitative estimate of drug-likeness (QED) is 0.846. The number of carbonyl (C=O) groups excluding carboxylic acids is 2. The number of nitrogens with zero attached hydrogens (tertiary/aromatic N) is 3. The third kappa shape index (κ3) is 3.68. The number of aromatic nitrogens is 1. The first-order valence-corrected chi connectivity index (χ1v) is 8.02. The van der Waals surface area contributed by atoms with E-state index in [1.807, 2.05) is 0 Å². The van der Waals surface area contributed by atoms with Gasteiger partial charge in [0.15, 0.2) is 10.9 Å². The van der Waals surface area contributed by atoms with Crippen molar-refractivity contribution in [1.29, 1.82) is 0 Å². The van der Waals surface area contributed by atoms with Crippen molar-refractivity contribution in [3.63, 3.8) is 0 Å². The number of hydrogen-bond donors (Lipinski definition) is 1. The van der Waals surface area contributed by atoms with E-state index < -0.39 is 0 Å². The van der Waals surface area contributed by atoms with Gasteiger partial charge in [-0.3, -0.25) is 4.79 Å². The van der Waals surface area contributed by atoms with E-state index in [2.05, 4.69) is 10.3 Å². The van der Waals surface area contributed by atoms with Crippen LogP contribution in [0.15, 0.2) is 41.1 Å². The van der Waals surface area contributed by atoms with Gasteiger partial charge in [0.25, 0.3) is 5.91 Å². The van der Waals surface area contributed by atoms with Gasteiger partial charge in [-0.1, -0.05) is 11.6 Å². The first-order valence-electron chi connectivity index (χ1n) is 7.64. The topological polar surface area (TPSA) is 78.7 Å². The number of halogens is 1. The Labute approximate surface area is 144 Å². The molecular formula is C16H17ClN4O3. The molecule has 0 spiro atoms. The molecule has 0 saturated carbocycles. The summed E-state index contributed by atoms with van der Waals surface area (Å²) in [5.74, 6) is 0.160. The summed E-state index contributed by atoms with van der Waals surface area (Å²) >= 11 is 5.95. The van der Waals surface area contributed by atoms with E-state index in [9.17, 15) is 9.59 Å². The molecule has 1 fully saturated rings. The van der Waals surface area contributed by atoms with Crippen LogP contribution in [-0.2, 0) is 0 Å². The normalized spacial score (nSPS) is 15.0. The molecule has 1 N–H and O–H groups in total. The van der Waals surface area contributed by atoms with Crippen molar-refractivity contribution >= 4 is 29.2 Å². The van der Waals surface area contributed by atoms with E-state index in [0.29, 0.717) is 44.0 Å². The second-order valence-corrected chi connectivity index (χ2v) is 5.74. The van der Waals surface area contributed by atoms with Crippen molar-refractivity contribution in [3.8, 4) is 0 Å². The molecule has 7 nitrogen and oxygen atoms in total. The van der Waals surface area contributed by atoms with Gasteiger partial charge in [-0.05, 0) is 30.7 Å². The average Bonchev–Trinajstić information content (AvgIpc) is 3.00. The fourth-order valence-electron chi connectivity index (χ4n) is 2.55. The monoisotopic (exact) mass is 348 g/mol. The number of rotatable bonds is 2. The zero-order valence-corrected chi connectivity index (χ0v) is 13.7. The predicted molar refractivity (Wildman–Crippen MR) is 89.1 cm³/mol. The Kier molecular flexibility index (Phi) is 5.00. The molecule has 24 heavy (non-hydrogen) atoms. The number of hydrogen-bond acceptors (Lipinski definition) is 4. The molecule has 0 atom stereocenters. The van der Waals surface area contributed by atoms with Crippen LogP contribution in [-0.4, -0.2) is 52.9 Å². The summed E-state index contributed by atoms with van der Waals surface area (Å²) in [6, 6.07) is 6.47. The molecule has 1 saturated heterocycles. The second kappa shape index (κ2) is 7.35. The molecule has 3 amide bonds. The van der Waals surface area contributed by atoms with Crippen molar-refractivity contribution in [2.75, 3.05) is 31.5 Å². The molecule has 3 heterocycles. The first kappa shape index (κ1) is 16.3. The van der Waals surface area contributed by atoms with Crippen molar-refractivity contribution in [2.24, 2.45) is 0 Å². The minimum Gasteiger partial charge on any atom is -0.459 e. The van der Waals surface area contributed by atoms with E-state index in [4.69, 9.17) is 16.0 Å². The Morgan fingerprint density at radius 2 is 1.92 bits per heavy atom. The van der Waals surface area contributed by atoms with Crippen LogP contribution in [0.4, 0.5) is 10.5 Å². The number of carbonyl (C=O) groups is 2. The maximum Gasteiger partial charge on any atom is 0.321 e. The van der Waals surface area contributed by atoms with Gasteiger partial charge in [-0.25, -0.2) is 9.78 Å². The smallest absolute Gasteiger partial charge is 0.321 e. The highest BCUT2D eigenvalue weighted by Crippen LogP contribution is 2.18. The van der Waals surface area contributed by atoms with Crippen LogP contribution in [0.25, 0.3) is 0 Å². The molecule has 2 aromatic rings. The predicted octanol–water partition coefficient (Wildman–Crippen LogP) is 2.71. The van der Waals surface area contributed by atoms with Crippen molar-refractivity contribution in [1.82, 2.24) is 14.8 Å². The molecule has 0 aliphatic carbocycles. The molecule has 8 heteroatoms. The van der Waals surface area contributed by atoms with Crippen LogP contribution in [0.5, 0.6) is 0 Å². The molecule has 0 bridgehead atoms. The van der Waals surface area contributed by atoms with Crippen molar-refractivity contribution < 1.29 is 14.0 Å². The first-order chi connectivity index (χ1) is 11.6. The fourth-order valence-corrected chi connectivity index (χ4v) is 2.72. The maximum atomic E-state index is 12.4. The van der Waals surface area contributed by atoms with Gasteiger partial charge in [-0.15, -0.1) is 0 Å². The highest BCUT2D eigenvalue weighted by Gasteiger charge is 2.24. The summed E-state index contributed by atoms with van der Waals surface area (Å²) in [7, 11) is 0. The average molecular weight is 349 g/mol. The summed E-state index contributed by atoms with van der Waals surface area (Å²) in [5, 5.41) is 3.00. The standard InChI is InChI=1S/C16H17ClN4O3/c17-14-12(4-1-6-18-14)19-16(23)21-8-3-7-20(9-10-21)15(22)13-5-2-11-24-13/h1-2,4-6,11H,3,7-10H2,(H,19,23). The number of nitrogens with one attached hydrogen (secondary N) is 1. The van der Waals surface area contributed by atoms with Gasteiger partial charge in [0.2, 0.25) is 0 Å². The zero-order chi connectivity index (χ0) is 16.9. The Balaban J connectivity index is 1.60. The number of furan rings is 1. The minimum absolute atomic E-state index is 0.155. The zero-order valence-electron chi connectivity index (χ0n) is 12.9. The van der Waals surface area contributed by atoms with Gasteiger partial charge < -0.3 is 19.5 Å². The molecule has 0 radical (unpaired) electrons. The Morgan fingerprint density at radius 3 is 2.67 bits per heavy atom. The Hall–Kier alpha value is -2.54. The van der Waals surface area contributed by atoms with Gasteiger partial charge >= 0.3 is 6.03 Å². The van der Waals surface area contributed by atoms with E-state index in [-0.39, 0.29) is 17.1 Å². The fraction of sp³-hybridized carbons (Fsp3) is 0.312. The van der Waals surface area contributed by atoms with Gasteiger partial charge in [0.1, 0.15) is 0 Å².